The molecule has 0 atom stereocenters. The number of aromatic nitrogens is 3. The van der Waals surface area contributed by atoms with Gasteiger partial charge in [0.05, 0.1) is 18.2 Å². The molecule has 0 aliphatic rings. The lowest BCUT2D eigenvalue weighted by Gasteiger charge is -2.05. The van der Waals surface area contributed by atoms with Crippen molar-refractivity contribution in [3.63, 3.8) is 0 Å². The van der Waals surface area contributed by atoms with Crippen LogP contribution in [0.4, 0.5) is 4.39 Å². The average molecular weight is 233 g/mol. The fourth-order valence-electron chi connectivity index (χ4n) is 1.70. The molecule has 0 amide bonds. The van der Waals surface area contributed by atoms with Gasteiger partial charge in [-0.3, -0.25) is 9.78 Å². The predicted molar refractivity (Wildman–Crippen MR) is 62.0 cm³/mol. The zero-order valence-electron chi connectivity index (χ0n) is 9.40. The number of hydrogen-bond donors (Lipinski definition) is 1. The third-order valence-corrected chi connectivity index (χ3v) is 2.43. The molecule has 0 saturated heterocycles. The number of pyridine rings is 1. The van der Waals surface area contributed by atoms with Gasteiger partial charge < -0.3 is 4.98 Å². The van der Waals surface area contributed by atoms with Crippen molar-refractivity contribution < 1.29 is 4.39 Å². The highest BCUT2D eigenvalue weighted by Gasteiger charge is 2.10. The van der Waals surface area contributed by atoms with Crippen LogP contribution in [0.5, 0.6) is 0 Å². The molecule has 88 valence electrons. The van der Waals surface area contributed by atoms with E-state index in [2.05, 4.69) is 15.0 Å². The molecule has 0 aliphatic heterocycles. The van der Waals surface area contributed by atoms with Crippen molar-refractivity contribution in [3.8, 4) is 11.3 Å². The van der Waals surface area contributed by atoms with Crippen molar-refractivity contribution in [3.05, 3.63) is 46.5 Å². The minimum atomic E-state index is -0.438. The first kappa shape index (κ1) is 11.4. The van der Waals surface area contributed by atoms with Crippen LogP contribution >= 0.6 is 0 Å². The summed E-state index contributed by atoms with van der Waals surface area (Å²) in [6.07, 6.45) is 5.38. The average Bonchev–Trinajstić information content (AvgIpc) is 2.32. The van der Waals surface area contributed by atoms with Gasteiger partial charge in [-0.15, -0.1) is 0 Å². The van der Waals surface area contributed by atoms with Gasteiger partial charge >= 0.3 is 0 Å². The van der Waals surface area contributed by atoms with E-state index in [1.165, 1.54) is 18.6 Å². The van der Waals surface area contributed by atoms with E-state index in [9.17, 15) is 9.18 Å². The van der Waals surface area contributed by atoms with Gasteiger partial charge in [-0.05, 0) is 12.5 Å². The molecule has 2 heterocycles. The standard InChI is InChI=1S/C12H12FN3O/c1-2-3-10-11(15-7-16-12(10)17)8-4-9(13)6-14-5-8/h4-7H,2-3H2,1H3,(H,15,16,17). The van der Waals surface area contributed by atoms with Gasteiger partial charge in [0.25, 0.3) is 5.56 Å². The maximum absolute atomic E-state index is 13.1. The highest BCUT2D eigenvalue weighted by molar-refractivity contribution is 5.61. The summed E-state index contributed by atoms with van der Waals surface area (Å²) in [6, 6.07) is 1.33. The molecule has 2 rings (SSSR count). The summed E-state index contributed by atoms with van der Waals surface area (Å²) in [4.78, 5) is 22.1. The quantitative estimate of drug-likeness (QED) is 0.881. The van der Waals surface area contributed by atoms with Crippen molar-refractivity contribution in [2.45, 2.75) is 19.8 Å². The van der Waals surface area contributed by atoms with Crippen LogP contribution in [0.3, 0.4) is 0 Å². The van der Waals surface area contributed by atoms with Crippen LogP contribution in [-0.2, 0) is 6.42 Å². The Labute approximate surface area is 97.6 Å². The van der Waals surface area contributed by atoms with Gasteiger partial charge in [0, 0.05) is 17.3 Å². The molecule has 5 heteroatoms. The van der Waals surface area contributed by atoms with Crippen LogP contribution in [0.1, 0.15) is 18.9 Å². The first-order chi connectivity index (χ1) is 8.22. The number of rotatable bonds is 3. The summed E-state index contributed by atoms with van der Waals surface area (Å²) < 4.78 is 13.1. The van der Waals surface area contributed by atoms with Crippen LogP contribution in [-0.4, -0.2) is 15.0 Å². The van der Waals surface area contributed by atoms with Crippen LogP contribution < -0.4 is 5.56 Å². The normalized spacial score (nSPS) is 10.5. The Morgan fingerprint density at radius 3 is 2.94 bits per heavy atom. The van der Waals surface area contributed by atoms with Gasteiger partial charge in [-0.25, -0.2) is 9.37 Å². The SMILES string of the molecule is CCCc1c(-c2cncc(F)c2)nc[nH]c1=O. The van der Waals surface area contributed by atoms with Crippen molar-refractivity contribution in [2.24, 2.45) is 0 Å². The molecule has 2 aromatic heterocycles. The second-order valence-corrected chi connectivity index (χ2v) is 3.70. The molecule has 0 fully saturated rings. The van der Waals surface area contributed by atoms with E-state index in [4.69, 9.17) is 0 Å². The van der Waals surface area contributed by atoms with Gasteiger partial charge in [-0.2, -0.15) is 0 Å². The maximum atomic E-state index is 13.1. The molecule has 1 N–H and O–H groups in total. The third-order valence-electron chi connectivity index (χ3n) is 2.43. The van der Waals surface area contributed by atoms with E-state index >= 15 is 0 Å². The molecule has 0 spiro atoms. The molecule has 0 aliphatic carbocycles. The van der Waals surface area contributed by atoms with Crippen molar-refractivity contribution in [1.29, 1.82) is 0 Å². The predicted octanol–water partition coefficient (Wildman–Crippen LogP) is 1.92. The van der Waals surface area contributed by atoms with E-state index in [1.807, 2.05) is 6.92 Å². The zero-order chi connectivity index (χ0) is 12.3. The van der Waals surface area contributed by atoms with Crippen molar-refractivity contribution in [2.75, 3.05) is 0 Å². The summed E-state index contributed by atoms with van der Waals surface area (Å²) in [5.74, 6) is -0.438. The Kier molecular flexibility index (Phi) is 3.27. The largest absolute Gasteiger partial charge is 0.313 e. The highest BCUT2D eigenvalue weighted by Crippen LogP contribution is 2.19. The molecule has 0 radical (unpaired) electrons. The lowest BCUT2D eigenvalue weighted by molar-refractivity contribution is 0.622. The topological polar surface area (TPSA) is 58.6 Å². The molecule has 17 heavy (non-hydrogen) atoms. The van der Waals surface area contributed by atoms with Crippen LogP contribution in [0, 0.1) is 5.82 Å². The smallest absolute Gasteiger partial charge is 0.254 e. The second-order valence-electron chi connectivity index (χ2n) is 3.70. The third kappa shape index (κ3) is 2.38. The van der Waals surface area contributed by atoms with E-state index in [1.54, 1.807) is 0 Å². The minimum Gasteiger partial charge on any atom is -0.313 e. The van der Waals surface area contributed by atoms with Crippen molar-refractivity contribution >= 4 is 0 Å². The van der Waals surface area contributed by atoms with E-state index in [-0.39, 0.29) is 5.56 Å². The Bertz CT molecular complexity index is 580. The number of hydrogen-bond acceptors (Lipinski definition) is 3. The molecule has 0 saturated carbocycles. The summed E-state index contributed by atoms with van der Waals surface area (Å²) in [6.45, 7) is 1.97. The van der Waals surface area contributed by atoms with Crippen LogP contribution in [0.2, 0.25) is 0 Å². The van der Waals surface area contributed by atoms with Crippen LogP contribution in [0.15, 0.2) is 29.6 Å². The summed E-state index contributed by atoms with van der Waals surface area (Å²) >= 11 is 0. The maximum Gasteiger partial charge on any atom is 0.254 e. The monoisotopic (exact) mass is 233 g/mol. The number of nitrogens with zero attached hydrogens (tertiary/aromatic N) is 2. The van der Waals surface area contributed by atoms with Gasteiger partial charge in [-0.1, -0.05) is 13.3 Å². The number of aromatic amines is 1. The Morgan fingerprint density at radius 1 is 1.41 bits per heavy atom. The van der Waals surface area contributed by atoms with E-state index < -0.39 is 5.82 Å². The molecule has 0 aromatic carbocycles. The lowest BCUT2D eigenvalue weighted by Crippen LogP contribution is -2.14. The van der Waals surface area contributed by atoms with Gasteiger partial charge in [0.2, 0.25) is 0 Å². The molecular weight excluding hydrogens is 221 g/mol. The Hall–Kier alpha value is -2.04. The van der Waals surface area contributed by atoms with E-state index in [0.717, 1.165) is 12.6 Å². The lowest BCUT2D eigenvalue weighted by atomic mass is 10.1. The molecule has 2 aromatic rings. The zero-order valence-corrected chi connectivity index (χ0v) is 9.40. The highest BCUT2D eigenvalue weighted by atomic mass is 19.1. The number of halogens is 1. The fourth-order valence-corrected chi connectivity index (χ4v) is 1.70. The molecule has 4 nitrogen and oxygen atoms in total. The van der Waals surface area contributed by atoms with Gasteiger partial charge in [0.1, 0.15) is 5.82 Å². The number of nitrogens with one attached hydrogen (secondary N) is 1. The molecule has 0 bridgehead atoms. The summed E-state index contributed by atoms with van der Waals surface area (Å²) in [5.41, 5.74) is 1.42. The number of H-pyrrole nitrogens is 1. The van der Waals surface area contributed by atoms with Crippen molar-refractivity contribution in [1.82, 2.24) is 15.0 Å². The Balaban J connectivity index is 2.59. The first-order valence-electron chi connectivity index (χ1n) is 5.40. The first-order valence-corrected chi connectivity index (χ1v) is 5.40. The second kappa shape index (κ2) is 4.86. The minimum absolute atomic E-state index is 0.180. The summed E-state index contributed by atoms with van der Waals surface area (Å²) in [5, 5.41) is 0. The summed E-state index contributed by atoms with van der Waals surface area (Å²) in [7, 11) is 0. The Morgan fingerprint density at radius 2 is 2.24 bits per heavy atom. The molecular formula is C12H12FN3O. The molecule has 0 unspecified atom stereocenters. The van der Waals surface area contributed by atoms with Gasteiger partial charge in [0.15, 0.2) is 0 Å². The fraction of sp³-hybridized carbons (Fsp3) is 0.250. The van der Waals surface area contributed by atoms with Crippen LogP contribution in [0.25, 0.3) is 11.3 Å². The van der Waals surface area contributed by atoms with E-state index in [0.29, 0.717) is 23.2 Å².